The van der Waals surface area contributed by atoms with Gasteiger partial charge in [-0.2, -0.15) is 0 Å². The van der Waals surface area contributed by atoms with Crippen molar-refractivity contribution in [3.63, 3.8) is 0 Å². The molecule has 1 amide bonds. The minimum Gasteiger partial charge on any atom is -0.469 e. The Labute approximate surface area is 186 Å². The van der Waals surface area contributed by atoms with Crippen molar-refractivity contribution in [2.24, 2.45) is 11.1 Å². The van der Waals surface area contributed by atoms with Crippen LogP contribution in [0.3, 0.4) is 0 Å². The van der Waals surface area contributed by atoms with Gasteiger partial charge < -0.3 is 25.0 Å². The minimum atomic E-state index is -4.10. The topological polar surface area (TPSA) is 152 Å². The molecule has 11 nitrogen and oxygen atoms in total. The molecule has 1 unspecified atom stereocenters. The number of esters is 2. The largest absolute Gasteiger partial charge is 0.530 e. The Balaban J connectivity index is 2.02. The van der Waals surface area contributed by atoms with Crippen LogP contribution in [0, 0.1) is 5.41 Å². The van der Waals surface area contributed by atoms with Gasteiger partial charge >= 0.3 is 19.8 Å². The van der Waals surface area contributed by atoms with Crippen LogP contribution in [0.25, 0.3) is 0 Å². The van der Waals surface area contributed by atoms with E-state index in [4.69, 9.17) is 19.3 Å². The first-order valence-corrected chi connectivity index (χ1v) is 11.3. The summed E-state index contributed by atoms with van der Waals surface area (Å²) in [6, 6.07) is 5.54. The second kappa shape index (κ2) is 10.9. The van der Waals surface area contributed by atoms with Crippen LogP contribution in [0.15, 0.2) is 24.3 Å². The van der Waals surface area contributed by atoms with Crippen molar-refractivity contribution in [1.29, 1.82) is 0 Å². The highest BCUT2D eigenvalue weighted by atomic mass is 31.2. The third-order valence-electron chi connectivity index (χ3n) is 4.73. The molecule has 2 rings (SSSR count). The molecule has 1 aliphatic heterocycles. The first-order chi connectivity index (χ1) is 15.0. The molecule has 12 heteroatoms. The Kier molecular flexibility index (Phi) is 8.80. The quantitative estimate of drug-likeness (QED) is 0.398. The lowest BCUT2D eigenvalue weighted by atomic mass is 9.87. The van der Waals surface area contributed by atoms with Crippen molar-refractivity contribution >= 4 is 25.7 Å². The summed E-state index contributed by atoms with van der Waals surface area (Å²) in [6.07, 6.45) is -0.886. The van der Waals surface area contributed by atoms with E-state index >= 15 is 0 Å². The summed E-state index contributed by atoms with van der Waals surface area (Å²) < 4.78 is 38.4. The van der Waals surface area contributed by atoms with Gasteiger partial charge in [-0.25, -0.2) is 4.57 Å². The van der Waals surface area contributed by atoms with Crippen molar-refractivity contribution in [3.05, 3.63) is 29.8 Å². The molecular formula is C20H29N2O9P. The van der Waals surface area contributed by atoms with Crippen molar-refractivity contribution < 1.29 is 42.0 Å². The van der Waals surface area contributed by atoms with Crippen LogP contribution in [-0.2, 0) is 43.9 Å². The van der Waals surface area contributed by atoms with Crippen LogP contribution < -0.4 is 15.6 Å². The second-order valence-corrected chi connectivity index (χ2v) is 9.43. The number of ether oxygens (including phenoxy) is 2. The summed E-state index contributed by atoms with van der Waals surface area (Å²) in [4.78, 5) is 35.2. The van der Waals surface area contributed by atoms with Crippen LogP contribution in [0.4, 0.5) is 0 Å². The van der Waals surface area contributed by atoms with E-state index in [0.717, 1.165) is 5.56 Å². The Morgan fingerprint density at radius 2 is 1.88 bits per heavy atom. The molecule has 0 aliphatic carbocycles. The van der Waals surface area contributed by atoms with Crippen LogP contribution in [0.5, 0.6) is 5.75 Å². The molecule has 1 aromatic rings. The zero-order chi connectivity index (χ0) is 23.9. The standard InChI is InChI=1S/C20H29N2O9P/c1-20(2)12-29-32(26,31-17(20)18(24)22-10-9-16(23)27-3)30-14-7-5-13(6-8-14)11-15(21)19(25)28-4/h5-8,15,17H,9-12,21H2,1-4H3,(H,22,24)/t15-,17-,32?/m0/s1. The van der Waals surface area contributed by atoms with Crippen molar-refractivity contribution in [2.45, 2.75) is 38.8 Å². The molecule has 178 valence electrons. The van der Waals surface area contributed by atoms with Crippen LogP contribution in [0.2, 0.25) is 0 Å². The lowest BCUT2D eigenvalue weighted by molar-refractivity contribution is -0.143. The predicted molar refractivity (Wildman–Crippen MR) is 113 cm³/mol. The Bertz CT molecular complexity index is 872. The van der Waals surface area contributed by atoms with Gasteiger partial charge in [-0.15, -0.1) is 0 Å². The zero-order valence-electron chi connectivity index (χ0n) is 18.5. The number of amides is 1. The summed E-state index contributed by atoms with van der Waals surface area (Å²) in [6.45, 7) is 3.44. The molecule has 1 aromatic carbocycles. The van der Waals surface area contributed by atoms with Gasteiger partial charge in [-0.3, -0.25) is 23.4 Å². The number of carbonyl (C=O) groups is 3. The summed E-state index contributed by atoms with van der Waals surface area (Å²) in [5.74, 6) is -1.36. The van der Waals surface area contributed by atoms with E-state index in [1.54, 1.807) is 26.0 Å². The fraction of sp³-hybridized carbons (Fsp3) is 0.550. The number of nitrogens with one attached hydrogen (secondary N) is 1. The number of hydrogen-bond acceptors (Lipinski definition) is 10. The molecule has 32 heavy (non-hydrogen) atoms. The molecule has 1 fully saturated rings. The van der Waals surface area contributed by atoms with E-state index in [2.05, 4.69) is 14.8 Å². The van der Waals surface area contributed by atoms with Gasteiger partial charge in [0, 0.05) is 12.0 Å². The molecule has 1 aliphatic rings. The molecule has 0 bridgehead atoms. The van der Waals surface area contributed by atoms with E-state index in [1.807, 2.05) is 0 Å². The highest BCUT2D eigenvalue weighted by molar-refractivity contribution is 7.49. The maximum Gasteiger partial charge on any atom is 0.530 e. The molecule has 0 aromatic heterocycles. The molecule has 0 saturated carbocycles. The highest BCUT2D eigenvalue weighted by Crippen LogP contribution is 2.56. The molecule has 0 spiro atoms. The monoisotopic (exact) mass is 472 g/mol. The Hall–Kier alpha value is -2.46. The van der Waals surface area contributed by atoms with E-state index < -0.39 is 43.2 Å². The fourth-order valence-electron chi connectivity index (χ4n) is 2.86. The third kappa shape index (κ3) is 7.03. The van der Waals surface area contributed by atoms with Gasteiger partial charge in [0.2, 0.25) is 0 Å². The average Bonchev–Trinajstić information content (AvgIpc) is 2.76. The molecule has 1 heterocycles. The first kappa shape index (κ1) is 25.8. The number of phosphoric ester groups is 1. The van der Waals surface area contributed by atoms with Gasteiger partial charge in [0.25, 0.3) is 5.91 Å². The number of phosphoric acid groups is 1. The highest BCUT2D eigenvalue weighted by Gasteiger charge is 2.49. The Morgan fingerprint density at radius 3 is 2.47 bits per heavy atom. The van der Waals surface area contributed by atoms with Crippen LogP contribution in [-0.4, -0.2) is 57.4 Å². The van der Waals surface area contributed by atoms with Gasteiger partial charge in [-0.1, -0.05) is 26.0 Å². The lowest BCUT2D eigenvalue weighted by Gasteiger charge is -2.39. The molecule has 3 N–H and O–H groups in total. The van der Waals surface area contributed by atoms with Crippen molar-refractivity contribution in [1.82, 2.24) is 5.32 Å². The van der Waals surface area contributed by atoms with E-state index in [1.165, 1.54) is 26.4 Å². The maximum atomic E-state index is 13.0. The number of carbonyl (C=O) groups excluding carboxylic acids is 3. The Morgan fingerprint density at radius 1 is 1.22 bits per heavy atom. The summed E-state index contributed by atoms with van der Waals surface area (Å²) in [5.41, 5.74) is 5.69. The smallest absolute Gasteiger partial charge is 0.469 e. The van der Waals surface area contributed by atoms with E-state index in [-0.39, 0.29) is 31.7 Å². The number of rotatable bonds is 9. The zero-order valence-corrected chi connectivity index (χ0v) is 19.4. The second-order valence-electron chi connectivity index (χ2n) is 7.88. The predicted octanol–water partition coefficient (Wildman–Crippen LogP) is 1.34. The van der Waals surface area contributed by atoms with Gasteiger partial charge in [0.1, 0.15) is 11.8 Å². The number of hydrogen-bond donors (Lipinski definition) is 2. The van der Waals surface area contributed by atoms with E-state index in [0.29, 0.717) is 0 Å². The maximum absolute atomic E-state index is 13.0. The van der Waals surface area contributed by atoms with Gasteiger partial charge in [-0.05, 0) is 24.1 Å². The van der Waals surface area contributed by atoms with Gasteiger partial charge in [0.05, 0.1) is 27.2 Å². The summed E-state index contributed by atoms with van der Waals surface area (Å²) in [5, 5.41) is 2.57. The lowest BCUT2D eigenvalue weighted by Crippen LogP contribution is -2.50. The minimum absolute atomic E-state index is 0.00790. The molecule has 3 atom stereocenters. The SMILES string of the molecule is COC(=O)CCNC(=O)[C@@H]1OP(=O)(Oc2ccc(C[C@H](N)C(=O)OC)cc2)OCC1(C)C. The van der Waals surface area contributed by atoms with Crippen LogP contribution in [0.1, 0.15) is 25.8 Å². The van der Waals surface area contributed by atoms with E-state index in [9.17, 15) is 18.9 Å². The average molecular weight is 472 g/mol. The number of methoxy groups -OCH3 is 2. The fourth-order valence-corrected chi connectivity index (χ4v) is 4.53. The summed E-state index contributed by atoms with van der Waals surface area (Å²) in [7, 11) is -1.59. The molecular weight excluding hydrogens is 443 g/mol. The summed E-state index contributed by atoms with van der Waals surface area (Å²) >= 11 is 0. The molecule has 1 saturated heterocycles. The normalized spacial score (nSPS) is 23.0. The van der Waals surface area contributed by atoms with Crippen molar-refractivity contribution in [3.8, 4) is 5.75 Å². The number of nitrogens with two attached hydrogens (primary N) is 1. The van der Waals surface area contributed by atoms with Crippen molar-refractivity contribution in [2.75, 3.05) is 27.4 Å². The van der Waals surface area contributed by atoms with Crippen LogP contribution >= 0.6 is 7.82 Å². The molecule has 0 radical (unpaired) electrons. The first-order valence-electron chi connectivity index (χ1n) is 9.89. The number of benzene rings is 1. The third-order valence-corrected chi connectivity index (χ3v) is 6.08. The van der Waals surface area contributed by atoms with Gasteiger partial charge in [0.15, 0.2) is 6.10 Å².